The van der Waals surface area contributed by atoms with E-state index in [0.717, 1.165) is 22.3 Å². The summed E-state index contributed by atoms with van der Waals surface area (Å²) >= 11 is 0. The number of H-pyrrole nitrogens is 1. The van der Waals surface area contributed by atoms with Gasteiger partial charge in [-0.3, -0.25) is 9.78 Å². The first-order valence-corrected chi connectivity index (χ1v) is 8.24. The van der Waals surface area contributed by atoms with Crippen LogP contribution in [0, 0.1) is 6.92 Å². The van der Waals surface area contributed by atoms with Crippen LogP contribution in [0.5, 0.6) is 0 Å². The first kappa shape index (κ1) is 17.5. The minimum absolute atomic E-state index is 0.212. The van der Waals surface area contributed by atoms with Gasteiger partial charge >= 0.3 is 6.03 Å². The largest absolute Gasteiger partial charge is 0.359 e. The molecule has 3 rings (SSSR count). The van der Waals surface area contributed by atoms with Crippen LogP contribution in [0.25, 0.3) is 10.9 Å². The second kappa shape index (κ2) is 7.26. The standard InChI is InChI=1S/C19H21N5O2/c1-12-9-15-16(22-12)5-4-6-17(15)23-18(25)13-7-8-20-14(10-13)11-21-19(26)24(2)3/h4-10,22H,11H2,1-3H3,(H,21,26)(H,23,25). The van der Waals surface area contributed by atoms with Crippen molar-refractivity contribution >= 4 is 28.5 Å². The van der Waals surface area contributed by atoms with E-state index in [4.69, 9.17) is 0 Å². The smallest absolute Gasteiger partial charge is 0.317 e. The molecule has 0 aliphatic carbocycles. The number of carbonyl (C=O) groups excluding carboxylic acids is 2. The minimum atomic E-state index is -0.223. The maximum atomic E-state index is 12.6. The maximum Gasteiger partial charge on any atom is 0.317 e. The lowest BCUT2D eigenvalue weighted by Crippen LogP contribution is -2.34. The quantitative estimate of drug-likeness (QED) is 0.675. The molecule has 0 fully saturated rings. The Bertz CT molecular complexity index is 961. The van der Waals surface area contributed by atoms with Crippen LogP contribution in [0.3, 0.4) is 0 Å². The highest BCUT2D eigenvalue weighted by molar-refractivity contribution is 6.08. The number of benzene rings is 1. The van der Waals surface area contributed by atoms with Gasteiger partial charge in [-0.1, -0.05) is 6.07 Å². The van der Waals surface area contributed by atoms with Gasteiger partial charge in [0.25, 0.3) is 5.91 Å². The van der Waals surface area contributed by atoms with Gasteiger partial charge in [-0.2, -0.15) is 0 Å². The molecule has 3 N–H and O–H groups in total. The summed E-state index contributed by atoms with van der Waals surface area (Å²) in [7, 11) is 3.33. The third-order valence-electron chi connectivity index (χ3n) is 3.95. The van der Waals surface area contributed by atoms with Crippen molar-refractivity contribution in [1.29, 1.82) is 0 Å². The van der Waals surface area contributed by atoms with Crippen molar-refractivity contribution in [2.45, 2.75) is 13.5 Å². The normalized spacial score (nSPS) is 10.6. The fraction of sp³-hybridized carbons (Fsp3) is 0.211. The summed E-state index contributed by atoms with van der Waals surface area (Å²) in [6, 6.07) is 10.8. The summed E-state index contributed by atoms with van der Waals surface area (Å²) in [6.45, 7) is 2.23. The number of hydrogen-bond donors (Lipinski definition) is 3. The van der Waals surface area contributed by atoms with Gasteiger partial charge in [-0.25, -0.2) is 4.79 Å². The number of nitrogens with zero attached hydrogens (tertiary/aromatic N) is 2. The van der Waals surface area contributed by atoms with E-state index in [1.807, 2.05) is 31.2 Å². The van der Waals surface area contributed by atoms with Crippen LogP contribution in [0.15, 0.2) is 42.6 Å². The van der Waals surface area contributed by atoms with Crippen molar-refractivity contribution in [3.63, 3.8) is 0 Å². The van der Waals surface area contributed by atoms with Crippen LogP contribution in [0.4, 0.5) is 10.5 Å². The molecule has 0 saturated carbocycles. The van der Waals surface area contributed by atoms with Gasteiger partial charge in [-0.15, -0.1) is 0 Å². The van der Waals surface area contributed by atoms with E-state index in [9.17, 15) is 9.59 Å². The van der Waals surface area contributed by atoms with E-state index >= 15 is 0 Å². The van der Waals surface area contributed by atoms with E-state index in [2.05, 4.69) is 20.6 Å². The molecule has 26 heavy (non-hydrogen) atoms. The van der Waals surface area contributed by atoms with Gasteiger partial charge in [0.2, 0.25) is 0 Å². The lowest BCUT2D eigenvalue weighted by molar-refractivity contribution is 0.102. The van der Waals surface area contributed by atoms with E-state index in [-0.39, 0.29) is 18.5 Å². The molecule has 3 aromatic rings. The van der Waals surface area contributed by atoms with E-state index in [1.54, 1.807) is 32.4 Å². The topological polar surface area (TPSA) is 90.1 Å². The van der Waals surface area contributed by atoms with Crippen LogP contribution < -0.4 is 10.6 Å². The zero-order valence-corrected chi connectivity index (χ0v) is 15.0. The molecule has 0 aliphatic rings. The molecule has 0 atom stereocenters. The molecule has 7 heteroatoms. The number of amides is 3. The van der Waals surface area contributed by atoms with Gasteiger partial charge in [-0.05, 0) is 37.3 Å². The predicted molar refractivity (Wildman–Crippen MR) is 101 cm³/mol. The van der Waals surface area contributed by atoms with Gasteiger partial charge in [0.05, 0.1) is 17.9 Å². The van der Waals surface area contributed by atoms with E-state index < -0.39 is 0 Å². The number of aryl methyl sites for hydroxylation is 1. The van der Waals surface area contributed by atoms with Gasteiger partial charge in [0.1, 0.15) is 0 Å². The van der Waals surface area contributed by atoms with Gasteiger partial charge in [0, 0.05) is 42.5 Å². The number of rotatable bonds is 4. The Balaban J connectivity index is 1.75. The Labute approximate surface area is 151 Å². The van der Waals surface area contributed by atoms with Crippen LogP contribution in [-0.4, -0.2) is 40.9 Å². The first-order valence-electron chi connectivity index (χ1n) is 8.24. The average molecular weight is 351 g/mol. The zero-order chi connectivity index (χ0) is 18.7. The molecule has 2 aromatic heterocycles. The number of fused-ring (bicyclic) bond motifs is 1. The fourth-order valence-corrected chi connectivity index (χ4v) is 2.64. The molecule has 0 saturated heterocycles. The summed E-state index contributed by atoms with van der Waals surface area (Å²) in [6.07, 6.45) is 1.56. The average Bonchev–Trinajstić information content (AvgIpc) is 3.01. The molecule has 1 aromatic carbocycles. The number of pyridine rings is 1. The molecular weight excluding hydrogens is 330 g/mol. The van der Waals surface area contributed by atoms with Crippen molar-refractivity contribution in [2.24, 2.45) is 0 Å². The molecule has 0 spiro atoms. The van der Waals surface area contributed by atoms with Crippen LogP contribution >= 0.6 is 0 Å². The molecule has 3 amide bonds. The number of carbonyl (C=O) groups is 2. The zero-order valence-electron chi connectivity index (χ0n) is 15.0. The maximum absolute atomic E-state index is 12.6. The predicted octanol–water partition coefficient (Wildman–Crippen LogP) is 2.89. The lowest BCUT2D eigenvalue weighted by atomic mass is 10.1. The third-order valence-corrected chi connectivity index (χ3v) is 3.95. The molecule has 0 bridgehead atoms. The second-order valence-corrected chi connectivity index (χ2v) is 6.26. The SMILES string of the molecule is Cc1cc2c(NC(=O)c3ccnc(CNC(=O)N(C)C)c3)cccc2[nH]1. The highest BCUT2D eigenvalue weighted by Gasteiger charge is 2.11. The van der Waals surface area contributed by atoms with E-state index in [0.29, 0.717) is 11.3 Å². The number of nitrogens with one attached hydrogen (secondary N) is 3. The molecule has 2 heterocycles. The highest BCUT2D eigenvalue weighted by Crippen LogP contribution is 2.24. The Morgan fingerprint density at radius 3 is 2.77 bits per heavy atom. The Morgan fingerprint density at radius 2 is 2.00 bits per heavy atom. The number of anilines is 1. The molecule has 0 unspecified atom stereocenters. The fourth-order valence-electron chi connectivity index (χ4n) is 2.64. The van der Waals surface area contributed by atoms with Gasteiger partial charge in [0.15, 0.2) is 0 Å². The molecular formula is C19H21N5O2. The molecule has 134 valence electrons. The van der Waals surface area contributed by atoms with Crippen molar-refractivity contribution in [3.8, 4) is 0 Å². The number of aromatic amines is 1. The Morgan fingerprint density at radius 1 is 1.19 bits per heavy atom. The summed E-state index contributed by atoms with van der Waals surface area (Å²) < 4.78 is 0. The molecule has 0 radical (unpaired) electrons. The third kappa shape index (κ3) is 3.83. The number of urea groups is 1. The van der Waals surface area contributed by atoms with Crippen molar-refractivity contribution in [1.82, 2.24) is 20.2 Å². The molecule has 7 nitrogen and oxygen atoms in total. The minimum Gasteiger partial charge on any atom is -0.359 e. The second-order valence-electron chi connectivity index (χ2n) is 6.26. The monoisotopic (exact) mass is 351 g/mol. The van der Waals surface area contributed by atoms with E-state index in [1.165, 1.54) is 4.90 Å². The summed E-state index contributed by atoms with van der Waals surface area (Å²) in [5.74, 6) is -0.223. The summed E-state index contributed by atoms with van der Waals surface area (Å²) in [4.78, 5) is 33.1. The Hall–Kier alpha value is -3.35. The summed E-state index contributed by atoms with van der Waals surface area (Å²) in [5, 5.41) is 6.64. The van der Waals surface area contributed by atoms with Crippen LogP contribution in [-0.2, 0) is 6.54 Å². The van der Waals surface area contributed by atoms with Crippen molar-refractivity contribution in [3.05, 3.63) is 59.5 Å². The van der Waals surface area contributed by atoms with Crippen molar-refractivity contribution in [2.75, 3.05) is 19.4 Å². The van der Waals surface area contributed by atoms with Crippen LogP contribution in [0.1, 0.15) is 21.7 Å². The summed E-state index contributed by atoms with van der Waals surface area (Å²) in [5.41, 5.74) is 3.85. The van der Waals surface area contributed by atoms with Crippen molar-refractivity contribution < 1.29 is 9.59 Å². The first-order chi connectivity index (χ1) is 12.4. The molecule has 0 aliphatic heterocycles. The Kier molecular flexibility index (Phi) is 4.88. The number of aromatic nitrogens is 2. The van der Waals surface area contributed by atoms with Gasteiger partial charge < -0.3 is 20.5 Å². The highest BCUT2D eigenvalue weighted by atomic mass is 16.2. The number of hydrogen-bond acceptors (Lipinski definition) is 3. The van der Waals surface area contributed by atoms with Crippen LogP contribution in [0.2, 0.25) is 0 Å². The lowest BCUT2D eigenvalue weighted by Gasteiger charge is -2.12.